The molecule has 27 heavy (non-hydrogen) atoms. The summed E-state index contributed by atoms with van der Waals surface area (Å²) in [5.41, 5.74) is 1.27. The van der Waals surface area contributed by atoms with E-state index < -0.39 is 5.41 Å². The molecule has 0 aliphatic carbocycles. The molecule has 2 heterocycles. The summed E-state index contributed by atoms with van der Waals surface area (Å²) in [6.45, 7) is 5.49. The quantitative estimate of drug-likeness (QED) is 0.829. The van der Waals surface area contributed by atoms with E-state index in [0.717, 1.165) is 5.56 Å². The minimum atomic E-state index is -0.601. The Morgan fingerprint density at radius 3 is 2.56 bits per heavy atom. The van der Waals surface area contributed by atoms with E-state index in [0.29, 0.717) is 17.8 Å². The van der Waals surface area contributed by atoms with Crippen LogP contribution in [0.25, 0.3) is 0 Å². The monoisotopic (exact) mass is 369 g/mol. The highest BCUT2D eigenvalue weighted by Crippen LogP contribution is 2.28. The fraction of sp³-hybridized carbons (Fsp3) is 0.350. The molecule has 7 nitrogen and oxygen atoms in total. The molecule has 1 aromatic rings. The summed E-state index contributed by atoms with van der Waals surface area (Å²) in [6, 6.07) is 9.72. The van der Waals surface area contributed by atoms with Crippen molar-refractivity contribution in [1.29, 1.82) is 0 Å². The summed E-state index contributed by atoms with van der Waals surface area (Å²) in [5, 5.41) is 2.73. The minimum absolute atomic E-state index is 0.0995. The lowest BCUT2D eigenvalue weighted by Gasteiger charge is -2.19. The lowest BCUT2D eigenvalue weighted by molar-refractivity contribution is -0.127. The summed E-state index contributed by atoms with van der Waals surface area (Å²) >= 11 is 0. The normalized spacial score (nSPS) is 18.5. The molecule has 0 bridgehead atoms. The fourth-order valence-corrected chi connectivity index (χ4v) is 2.57. The summed E-state index contributed by atoms with van der Waals surface area (Å²) in [4.78, 5) is 30.9. The molecule has 2 aliphatic rings. The van der Waals surface area contributed by atoms with E-state index in [2.05, 4.69) is 10.3 Å². The van der Waals surface area contributed by atoms with Gasteiger partial charge in [-0.1, -0.05) is 51.1 Å². The molecular formula is C20H23N3O4. The number of amides is 2. The number of likely N-dealkylation sites (N-methyl/N-ethyl adjacent to an activating group) is 1. The second-order valence-electron chi connectivity index (χ2n) is 7.40. The van der Waals surface area contributed by atoms with Crippen LogP contribution in [-0.4, -0.2) is 36.5 Å². The molecule has 0 radical (unpaired) electrons. The molecule has 1 N–H and O–H groups in total. The van der Waals surface area contributed by atoms with Crippen molar-refractivity contribution < 1.29 is 19.1 Å². The Morgan fingerprint density at radius 2 is 1.96 bits per heavy atom. The lowest BCUT2D eigenvalue weighted by atomic mass is 9.96. The molecule has 7 heteroatoms. The van der Waals surface area contributed by atoms with E-state index >= 15 is 0 Å². The third-order valence-electron chi connectivity index (χ3n) is 4.23. The first kappa shape index (κ1) is 18.7. The Kier molecular flexibility index (Phi) is 5.03. The second kappa shape index (κ2) is 7.26. The Hall–Kier alpha value is -3.09. The SMILES string of the molecule is CN1C(=O)C(=C(Cc2ccccc2)C2=COCO2)N=C1NC(=O)C(C)(C)C. The summed E-state index contributed by atoms with van der Waals surface area (Å²) in [7, 11) is 1.58. The van der Waals surface area contributed by atoms with E-state index in [1.807, 2.05) is 30.3 Å². The Bertz CT molecular complexity index is 848. The van der Waals surface area contributed by atoms with Crippen LogP contribution in [-0.2, 0) is 25.5 Å². The Balaban J connectivity index is 1.99. The molecule has 0 saturated heterocycles. The number of hydrogen-bond donors (Lipinski definition) is 1. The molecule has 0 unspecified atom stereocenters. The summed E-state index contributed by atoms with van der Waals surface area (Å²) < 4.78 is 10.7. The highest BCUT2D eigenvalue weighted by Gasteiger charge is 2.34. The average molecular weight is 369 g/mol. The van der Waals surface area contributed by atoms with Gasteiger partial charge in [-0.2, -0.15) is 0 Å². The molecule has 2 amide bonds. The van der Waals surface area contributed by atoms with Crippen LogP contribution in [0.3, 0.4) is 0 Å². The first-order chi connectivity index (χ1) is 12.8. The number of hydrogen-bond acceptors (Lipinski definition) is 5. The van der Waals surface area contributed by atoms with Gasteiger partial charge in [0.1, 0.15) is 12.0 Å². The van der Waals surface area contributed by atoms with Gasteiger partial charge in [-0.05, 0) is 5.56 Å². The van der Waals surface area contributed by atoms with Gasteiger partial charge in [0, 0.05) is 24.5 Å². The fourth-order valence-electron chi connectivity index (χ4n) is 2.57. The van der Waals surface area contributed by atoms with Gasteiger partial charge >= 0.3 is 0 Å². The van der Waals surface area contributed by atoms with Crippen LogP contribution >= 0.6 is 0 Å². The number of guanidine groups is 1. The van der Waals surface area contributed by atoms with Crippen LogP contribution < -0.4 is 5.32 Å². The summed E-state index contributed by atoms with van der Waals surface area (Å²) in [5.74, 6) is 0.163. The lowest BCUT2D eigenvalue weighted by Crippen LogP contribution is -2.45. The van der Waals surface area contributed by atoms with Crippen LogP contribution in [0.4, 0.5) is 0 Å². The van der Waals surface area contributed by atoms with Crippen molar-refractivity contribution in [1.82, 2.24) is 10.2 Å². The number of nitrogens with one attached hydrogen (secondary N) is 1. The molecular weight excluding hydrogens is 346 g/mol. The van der Waals surface area contributed by atoms with Gasteiger partial charge in [0.15, 0.2) is 5.76 Å². The Morgan fingerprint density at radius 1 is 1.26 bits per heavy atom. The highest BCUT2D eigenvalue weighted by atomic mass is 16.7. The third kappa shape index (κ3) is 4.02. The number of ether oxygens (including phenoxy) is 2. The van der Waals surface area contributed by atoms with Gasteiger partial charge in [0.2, 0.25) is 18.7 Å². The van der Waals surface area contributed by atoms with Crippen LogP contribution in [0.15, 0.2) is 58.6 Å². The molecule has 0 spiro atoms. The topological polar surface area (TPSA) is 80.2 Å². The van der Waals surface area contributed by atoms with Crippen LogP contribution in [0, 0.1) is 5.41 Å². The van der Waals surface area contributed by atoms with Crippen molar-refractivity contribution in [3.8, 4) is 0 Å². The molecule has 3 rings (SSSR count). The van der Waals surface area contributed by atoms with Gasteiger partial charge in [-0.3, -0.25) is 19.8 Å². The van der Waals surface area contributed by atoms with E-state index in [-0.39, 0.29) is 30.3 Å². The maximum Gasteiger partial charge on any atom is 0.279 e. The molecule has 1 aromatic carbocycles. The van der Waals surface area contributed by atoms with Crippen LogP contribution in [0.5, 0.6) is 0 Å². The molecule has 0 saturated carbocycles. The molecule has 0 atom stereocenters. The minimum Gasteiger partial charge on any atom is -0.461 e. The number of nitrogens with zero attached hydrogens (tertiary/aromatic N) is 2. The molecule has 142 valence electrons. The standard InChI is InChI=1S/C20H23N3O4/c1-20(2,3)18(25)22-19-21-16(17(24)23(19)4)14(15-11-26-12-27-15)10-13-8-6-5-7-9-13/h5-9,11H,10,12H2,1-4H3,(H,21,22,25). The van der Waals surface area contributed by atoms with E-state index in [4.69, 9.17) is 9.47 Å². The predicted molar refractivity (Wildman–Crippen MR) is 100 cm³/mol. The number of rotatable bonds is 3. The number of allylic oxidation sites excluding steroid dienone is 1. The van der Waals surface area contributed by atoms with Crippen molar-refractivity contribution in [3.63, 3.8) is 0 Å². The van der Waals surface area contributed by atoms with E-state index in [9.17, 15) is 9.59 Å². The maximum absolute atomic E-state index is 12.8. The predicted octanol–water partition coefficient (Wildman–Crippen LogP) is 2.32. The zero-order chi connectivity index (χ0) is 19.6. The van der Waals surface area contributed by atoms with Crippen molar-refractivity contribution in [2.24, 2.45) is 10.4 Å². The van der Waals surface area contributed by atoms with Crippen LogP contribution in [0.2, 0.25) is 0 Å². The maximum atomic E-state index is 12.8. The number of carbonyl (C=O) groups excluding carboxylic acids is 2. The van der Waals surface area contributed by atoms with Crippen LogP contribution in [0.1, 0.15) is 26.3 Å². The van der Waals surface area contributed by atoms with Crippen molar-refractivity contribution in [2.45, 2.75) is 27.2 Å². The van der Waals surface area contributed by atoms with Crippen molar-refractivity contribution >= 4 is 17.8 Å². The molecule has 2 aliphatic heterocycles. The smallest absolute Gasteiger partial charge is 0.279 e. The molecule has 0 aromatic heterocycles. The zero-order valence-electron chi connectivity index (χ0n) is 15.9. The van der Waals surface area contributed by atoms with E-state index in [1.165, 1.54) is 11.2 Å². The van der Waals surface area contributed by atoms with Gasteiger partial charge in [-0.15, -0.1) is 0 Å². The Labute approximate surface area is 158 Å². The highest BCUT2D eigenvalue weighted by molar-refractivity contribution is 6.15. The number of benzene rings is 1. The number of aliphatic imine (C=N–C) groups is 1. The van der Waals surface area contributed by atoms with E-state index in [1.54, 1.807) is 27.8 Å². The summed E-state index contributed by atoms with van der Waals surface area (Å²) in [6.07, 6.45) is 1.94. The molecule has 0 fully saturated rings. The van der Waals surface area contributed by atoms with Crippen molar-refractivity contribution in [3.05, 3.63) is 59.2 Å². The van der Waals surface area contributed by atoms with Gasteiger partial charge < -0.3 is 9.47 Å². The first-order valence-electron chi connectivity index (χ1n) is 8.67. The second-order valence-corrected chi connectivity index (χ2v) is 7.40. The zero-order valence-corrected chi connectivity index (χ0v) is 15.9. The average Bonchev–Trinajstić information content (AvgIpc) is 3.24. The van der Waals surface area contributed by atoms with Crippen molar-refractivity contribution in [2.75, 3.05) is 13.8 Å². The van der Waals surface area contributed by atoms with Gasteiger partial charge in [-0.25, -0.2) is 4.99 Å². The van der Waals surface area contributed by atoms with Gasteiger partial charge in [0.25, 0.3) is 5.91 Å². The van der Waals surface area contributed by atoms with Gasteiger partial charge in [0.05, 0.1) is 0 Å². The largest absolute Gasteiger partial charge is 0.461 e. The first-order valence-corrected chi connectivity index (χ1v) is 8.67. The third-order valence-corrected chi connectivity index (χ3v) is 4.23. The number of carbonyl (C=O) groups is 2.